The monoisotopic (exact) mass is 826 g/mol. The minimum Gasteiger partial charge on any atom is -0.342 e. The van der Waals surface area contributed by atoms with Crippen molar-refractivity contribution in [3.05, 3.63) is 63.1 Å². The highest BCUT2D eigenvalue weighted by molar-refractivity contribution is 9.11. The number of amides is 1. The summed E-state index contributed by atoms with van der Waals surface area (Å²) in [6.07, 6.45) is 38.1. The molecule has 0 spiro atoms. The van der Waals surface area contributed by atoms with E-state index in [2.05, 4.69) is 69.0 Å². The number of halogens is 2. The van der Waals surface area contributed by atoms with Crippen LogP contribution in [0.1, 0.15) is 174 Å². The number of hydrogen-bond acceptors (Lipinski definition) is 4. The summed E-state index contributed by atoms with van der Waals surface area (Å²) in [5.74, 6) is 0.132. The van der Waals surface area contributed by atoms with Crippen molar-refractivity contribution in [3.63, 3.8) is 0 Å². The van der Waals surface area contributed by atoms with E-state index in [9.17, 15) is 4.79 Å². The smallest absolute Gasteiger partial charge is 0.265 e. The van der Waals surface area contributed by atoms with E-state index >= 15 is 0 Å². The van der Waals surface area contributed by atoms with Gasteiger partial charge in [0.25, 0.3) is 5.91 Å². The van der Waals surface area contributed by atoms with Crippen LogP contribution in [0.25, 0.3) is 23.5 Å². The molecule has 0 N–H and O–H groups in total. The summed E-state index contributed by atoms with van der Waals surface area (Å²) in [6, 6.07) is 0. The molecular formula is C42H56Br2N2OS2. The Bertz CT molecular complexity index is 1590. The lowest BCUT2D eigenvalue weighted by Gasteiger charge is -2.25. The van der Waals surface area contributed by atoms with Crippen LogP contribution >= 0.6 is 54.5 Å². The molecule has 0 atom stereocenters. The van der Waals surface area contributed by atoms with Crippen LogP contribution in [0.4, 0.5) is 0 Å². The molecule has 266 valence electrons. The number of unbranched alkanes of at least 4 members (excludes halogenated alkanes) is 18. The molecule has 0 fully saturated rings. The first-order chi connectivity index (χ1) is 24.0. The van der Waals surface area contributed by atoms with Gasteiger partial charge in [-0.2, -0.15) is 0 Å². The van der Waals surface area contributed by atoms with Gasteiger partial charge in [-0.15, -0.1) is 22.7 Å². The summed E-state index contributed by atoms with van der Waals surface area (Å²) in [6.45, 7) is 5.34. The molecule has 0 saturated heterocycles. The van der Waals surface area contributed by atoms with E-state index < -0.39 is 0 Å². The van der Waals surface area contributed by atoms with Crippen LogP contribution in [0.3, 0.4) is 0 Å². The summed E-state index contributed by atoms with van der Waals surface area (Å²) in [7, 11) is 0. The minimum absolute atomic E-state index is 0.132. The average Bonchev–Trinajstić information content (AvgIpc) is 3.81. The van der Waals surface area contributed by atoms with E-state index in [1.807, 2.05) is 33.8 Å². The molecule has 7 heteroatoms. The molecule has 3 nitrogen and oxygen atoms in total. The lowest BCUT2D eigenvalue weighted by molar-refractivity contribution is -0.121. The van der Waals surface area contributed by atoms with Gasteiger partial charge < -0.3 is 4.90 Å². The zero-order valence-corrected chi connectivity index (χ0v) is 34.8. The topological polar surface area (TPSA) is 23.6 Å². The summed E-state index contributed by atoms with van der Waals surface area (Å²) in [4.78, 5) is 20.9. The van der Waals surface area contributed by atoms with E-state index in [1.54, 1.807) is 0 Å². The van der Waals surface area contributed by atoms with Crippen LogP contribution < -0.4 is 0 Å². The second kappa shape index (κ2) is 18.4. The molecule has 49 heavy (non-hydrogen) atoms. The molecule has 4 aliphatic rings. The largest absolute Gasteiger partial charge is 0.342 e. The van der Waals surface area contributed by atoms with E-state index in [0.717, 1.165) is 36.4 Å². The van der Waals surface area contributed by atoms with Crippen molar-refractivity contribution in [1.29, 1.82) is 0 Å². The van der Waals surface area contributed by atoms with Crippen LogP contribution in [0.15, 0.2) is 31.1 Å². The Morgan fingerprint density at radius 2 is 1.02 bits per heavy atom. The van der Waals surface area contributed by atoms with Gasteiger partial charge in [0.05, 0.1) is 40.8 Å². The molecule has 0 unspecified atom stereocenters. The van der Waals surface area contributed by atoms with E-state index in [-0.39, 0.29) is 5.91 Å². The highest BCUT2D eigenvalue weighted by Gasteiger charge is 2.46. The van der Waals surface area contributed by atoms with Gasteiger partial charge in [-0.05, 0) is 80.8 Å². The van der Waals surface area contributed by atoms with Crippen molar-refractivity contribution in [2.45, 2.75) is 155 Å². The van der Waals surface area contributed by atoms with Crippen molar-refractivity contribution < 1.29 is 4.79 Å². The first-order valence-electron chi connectivity index (χ1n) is 19.6. The fourth-order valence-corrected chi connectivity index (χ4v) is 12.2. The van der Waals surface area contributed by atoms with Crippen molar-refractivity contribution >= 4 is 84.0 Å². The van der Waals surface area contributed by atoms with Crippen LogP contribution in [-0.2, 0) is 17.6 Å². The molecule has 6 rings (SSSR count). The Morgan fingerprint density at radius 3 is 1.51 bits per heavy atom. The molecule has 0 bridgehead atoms. The average molecular weight is 829 g/mol. The number of hydrogen-bond donors (Lipinski definition) is 0. The maximum atomic E-state index is 14.1. The lowest BCUT2D eigenvalue weighted by atomic mass is 9.98. The van der Waals surface area contributed by atoms with Crippen LogP contribution in [0.2, 0.25) is 0 Å². The molecule has 4 aliphatic heterocycles. The van der Waals surface area contributed by atoms with Crippen LogP contribution in [-0.4, -0.2) is 22.3 Å². The Labute approximate surface area is 321 Å². The van der Waals surface area contributed by atoms with E-state index in [0.29, 0.717) is 0 Å². The maximum absolute atomic E-state index is 14.1. The van der Waals surface area contributed by atoms with Gasteiger partial charge in [0, 0.05) is 29.1 Å². The predicted molar refractivity (Wildman–Crippen MR) is 221 cm³/mol. The Hall–Kier alpha value is -1.41. The number of thiophene rings is 2. The number of carbonyl (C=O) groups is 1. The van der Waals surface area contributed by atoms with Gasteiger partial charge in [-0.3, -0.25) is 9.69 Å². The number of fused-ring (bicyclic) bond motifs is 7. The molecule has 0 radical (unpaired) electrons. The Morgan fingerprint density at radius 1 is 0.592 bits per heavy atom. The molecule has 1 amide bonds. The number of rotatable bonds is 22. The molecular weight excluding hydrogens is 772 g/mol. The zero-order valence-electron chi connectivity index (χ0n) is 29.9. The molecule has 6 heterocycles. The summed E-state index contributed by atoms with van der Waals surface area (Å²) in [5.41, 5.74) is 9.85. The van der Waals surface area contributed by atoms with Gasteiger partial charge in [-0.1, -0.05) is 129 Å². The van der Waals surface area contributed by atoms with E-state index in [4.69, 9.17) is 0 Å². The molecule has 0 saturated carbocycles. The van der Waals surface area contributed by atoms with Crippen LogP contribution in [0.5, 0.6) is 0 Å². The minimum atomic E-state index is 0.132. The third kappa shape index (κ3) is 8.47. The summed E-state index contributed by atoms with van der Waals surface area (Å²) in [5, 5.41) is 0. The molecule has 2 aromatic rings. The van der Waals surface area contributed by atoms with Crippen molar-refractivity contribution in [1.82, 2.24) is 9.80 Å². The summed E-state index contributed by atoms with van der Waals surface area (Å²) < 4.78 is 2.47. The summed E-state index contributed by atoms with van der Waals surface area (Å²) >= 11 is 11.5. The second-order valence-electron chi connectivity index (χ2n) is 14.5. The van der Waals surface area contributed by atoms with Gasteiger partial charge in [-0.25, -0.2) is 0 Å². The molecule has 2 aromatic heterocycles. The zero-order chi connectivity index (χ0) is 34.2. The maximum Gasteiger partial charge on any atom is 0.265 e. The highest BCUT2D eigenvalue weighted by atomic mass is 79.9. The SMILES string of the molecule is CCCCCCCCCCCCc1c(Br)sc2c1C=CN1CC3=C4c5sc(Br)c(CCCCCCCCCCCC)c5C=CN4C(=O)C3=C21. The third-order valence-corrected chi connectivity index (χ3v) is 14.9. The van der Waals surface area contributed by atoms with Gasteiger partial charge >= 0.3 is 0 Å². The standard InChI is InChI=1S/C42H56Br2N2OS2/c1-3-5-7-9-11-13-15-17-19-21-23-32-30-25-27-45-29-34-35(37(45)39(30)49-41(32)44)42(47)46-28-26-31-33(40(43)48-38(31)36(34)46)24-22-20-18-16-14-12-10-8-6-4-2/h25-28H,3-24,29H2,1-2H3. The third-order valence-electron chi connectivity index (χ3n) is 10.9. The fourth-order valence-electron chi connectivity index (χ4n) is 8.13. The van der Waals surface area contributed by atoms with Crippen molar-refractivity contribution in [2.24, 2.45) is 0 Å². The Kier molecular flexibility index (Phi) is 14.0. The Balaban J connectivity index is 1.09. The predicted octanol–water partition coefficient (Wildman–Crippen LogP) is 14.5. The van der Waals surface area contributed by atoms with Gasteiger partial charge in [0.15, 0.2) is 0 Å². The van der Waals surface area contributed by atoms with Gasteiger partial charge in [0.2, 0.25) is 0 Å². The number of carbonyl (C=O) groups excluding carboxylic acids is 1. The highest BCUT2D eigenvalue weighted by Crippen LogP contribution is 2.54. The van der Waals surface area contributed by atoms with Crippen molar-refractivity contribution in [3.8, 4) is 0 Å². The number of nitrogens with zero attached hydrogens (tertiary/aromatic N) is 2. The van der Waals surface area contributed by atoms with Crippen LogP contribution in [0, 0.1) is 0 Å². The lowest BCUT2D eigenvalue weighted by Crippen LogP contribution is -2.24. The van der Waals surface area contributed by atoms with Crippen molar-refractivity contribution in [2.75, 3.05) is 6.54 Å². The van der Waals surface area contributed by atoms with Gasteiger partial charge in [0.1, 0.15) is 0 Å². The fraction of sp³-hybridized carbons (Fsp3) is 0.595. The molecule has 0 aliphatic carbocycles. The normalized spacial score (nSPS) is 15.9. The second-order valence-corrected chi connectivity index (χ2v) is 19.2. The quantitative estimate of drug-likeness (QED) is 0.110. The first kappa shape index (κ1) is 37.4. The van der Waals surface area contributed by atoms with E-state index in [1.165, 1.54) is 174 Å². The molecule has 0 aromatic carbocycles. The first-order valence-corrected chi connectivity index (χ1v) is 22.8.